The van der Waals surface area contributed by atoms with Gasteiger partial charge in [0.25, 0.3) is 0 Å². The number of benzene rings is 1. The maximum Gasteiger partial charge on any atom is 0.230 e. The Kier molecular flexibility index (Phi) is 4.20. The number of hydrogen-bond donors (Lipinski definition) is 1. The smallest absolute Gasteiger partial charge is 0.230 e. The van der Waals surface area contributed by atoms with Crippen molar-refractivity contribution >= 4 is 0 Å². The molecule has 0 bridgehead atoms. The zero-order chi connectivity index (χ0) is 14.7. The molecule has 1 aliphatic carbocycles. The molecule has 5 heteroatoms. The second-order valence-electron chi connectivity index (χ2n) is 5.57. The third-order valence-electron chi connectivity index (χ3n) is 4.30. The summed E-state index contributed by atoms with van der Waals surface area (Å²) in [5.41, 5.74) is 6.79. The highest BCUT2D eigenvalue weighted by molar-refractivity contribution is 5.56. The topological polar surface area (TPSA) is 74.2 Å². The molecule has 2 atom stereocenters. The monoisotopic (exact) mass is 287 g/mol. The largest absolute Gasteiger partial charge is 0.497 e. The van der Waals surface area contributed by atoms with Crippen molar-refractivity contribution in [2.75, 3.05) is 13.7 Å². The summed E-state index contributed by atoms with van der Waals surface area (Å²) in [5.74, 6) is 2.89. The van der Waals surface area contributed by atoms with E-state index in [-0.39, 0.29) is 0 Å². The minimum Gasteiger partial charge on any atom is -0.497 e. The van der Waals surface area contributed by atoms with Crippen LogP contribution >= 0.6 is 0 Å². The molecule has 2 unspecified atom stereocenters. The predicted octanol–water partition coefficient (Wildman–Crippen LogP) is 2.98. The summed E-state index contributed by atoms with van der Waals surface area (Å²) in [6, 6.07) is 7.69. The van der Waals surface area contributed by atoms with E-state index in [4.69, 9.17) is 15.0 Å². The van der Waals surface area contributed by atoms with E-state index in [1.807, 2.05) is 24.3 Å². The van der Waals surface area contributed by atoms with Crippen LogP contribution in [0.5, 0.6) is 5.75 Å². The first-order valence-electron chi connectivity index (χ1n) is 7.50. The Morgan fingerprint density at radius 3 is 3.00 bits per heavy atom. The maximum absolute atomic E-state index is 5.88. The van der Waals surface area contributed by atoms with Gasteiger partial charge in [0.2, 0.25) is 11.7 Å². The summed E-state index contributed by atoms with van der Waals surface area (Å²) in [6.07, 6.45) is 4.69. The van der Waals surface area contributed by atoms with Gasteiger partial charge < -0.3 is 15.0 Å². The molecule has 1 fully saturated rings. The first-order valence-corrected chi connectivity index (χ1v) is 7.50. The second kappa shape index (κ2) is 6.26. The molecule has 2 N–H and O–H groups in total. The van der Waals surface area contributed by atoms with E-state index in [9.17, 15) is 0 Å². The number of aromatic nitrogens is 2. The molecule has 3 rings (SSSR count). The van der Waals surface area contributed by atoms with E-state index < -0.39 is 0 Å². The fourth-order valence-corrected chi connectivity index (χ4v) is 3.08. The Bertz CT molecular complexity index is 597. The molecule has 0 aliphatic heterocycles. The summed E-state index contributed by atoms with van der Waals surface area (Å²) in [4.78, 5) is 4.59. The molecular weight excluding hydrogens is 266 g/mol. The SMILES string of the molecule is COc1cccc(-c2noc(C3CCCCC3CN)n2)c1. The number of rotatable bonds is 4. The van der Waals surface area contributed by atoms with Gasteiger partial charge >= 0.3 is 0 Å². The Hall–Kier alpha value is -1.88. The van der Waals surface area contributed by atoms with Crippen LogP contribution in [0.2, 0.25) is 0 Å². The molecule has 21 heavy (non-hydrogen) atoms. The average Bonchev–Trinajstić information content (AvgIpc) is 3.04. The van der Waals surface area contributed by atoms with Crippen LogP contribution in [0.25, 0.3) is 11.4 Å². The molecular formula is C16H21N3O2. The van der Waals surface area contributed by atoms with Gasteiger partial charge in [0.1, 0.15) is 5.75 Å². The minimum atomic E-state index is 0.301. The van der Waals surface area contributed by atoms with Crippen LogP contribution in [0.4, 0.5) is 0 Å². The van der Waals surface area contributed by atoms with E-state index in [0.29, 0.717) is 24.2 Å². The standard InChI is InChI=1S/C16H21N3O2/c1-20-13-7-4-6-11(9-13)15-18-16(21-19-15)14-8-3-2-5-12(14)10-17/h4,6-7,9,12,14H,2-3,5,8,10,17H2,1H3. The molecule has 1 saturated carbocycles. The van der Waals surface area contributed by atoms with Gasteiger partial charge in [-0.15, -0.1) is 0 Å². The number of methoxy groups -OCH3 is 1. The van der Waals surface area contributed by atoms with Crippen molar-refractivity contribution in [2.45, 2.75) is 31.6 Å². The molecule has 0 saturated heterocycles. The van der Waals surface area contributed by atoms with E-state index >= 15 is 0 Å². The quantitative estimate of drug-likeness (QED) is 0.935. The molecule has 1 heterocycles. The normalized spacial score (nSPS) is 22.2. The van der Waals surface area contributed by atoms with Crippen molar-refractivity contribution in [3.63, 3.8) is 0 Å². The molecule has 1 aromatic carbocycles. The lowest BCUT2D eigenvalue weighted by atomic mass is 9.79. The van der Waals surface area contributed by atoms with Crippen LogP contribution in [0, 0.1) is 5.92 Å². The van der Waals surface area contributed by atoms with E-state index in [1.54, 1.807) is 7.11 Å². The third-order valence-corrected chi connectivity index (χ3v) is 4.30. The van der Waals surface area contributed by atoms with Gasteiger partial charge in [-0.2, -0.15) is 4.98 Å². The highest BCUT2D eigenvalue weighted by atomic mass is 16.5. The highest BCUT2D eigenvalue weighted by Gasteiger charge is 2.30. The van der Waals surface area contributed by atoms with Crippen molar-refractivity contribution in [2.24, 2.45) is 11.7 Å². The fourth-order valence-electron chi connectivity index (χ4n) is 3.08. The van der Waals surface area contributed by atoms with Crippen LogP contribution in [0.1, 0.15) is 37.5 Å². The van der Waals surface area contributed by atoms with E-state index in [2.05, 4.69) is 10.1 Å². The maximum atomic E-state index is 5.88. The molecule has 1 aromatic heterocycles. The van der Waals surface area contributed by atoms with Crippen LogP contribution in [-0.2, 0) is 0 Å². The van der Waals surface area contributed by atoms with Crippen molar-refractivity contribution in [3.8, 4) is 17.1 Å². The summed E-state index contributed by atoms with van der Waals surface area (Å²) >= 11 is 0. The average molecular weight is 287 g/mol. The van der Waals surface area contributed by atoms with Crippen molar-refractivity contribution in [3.05, 3.63) is 30.2 Å². The molecule has 5 nitrogen and oxygen atoms in total. The number of nitrogens with zero attached hydrogens (tertiary/aromatic N) is 2. The fraction of sp³-hybridized carbons (Fsp3) is 0.500. The Balaban J connectivity index is 1.85. The predicted molar refractivity (Wildman–Crippen MR) is 80.0 cm³/mol. The van der Waals surface area contributed by atoms with Gasteiger partial charge in [-0.25, -0.2) is 0 Å². The molecule has 1 aliphatic rings. The lowest BCUT2D eigenvalue weighted by Gasteiger charge is -2.27. The van der Waals surface area contributed by atoms with E-state index in [0.717, 1.165) is 30.0 Å². The van der Waals surface area contributed by atoms with E-state index in [1.165, 1.54) is 12.8 Å². The van der Waals surface area contributed by atoms with Gasteiger partial charge in [-0.3, -0.25) is 0 Å². The number of ether oxygens (including phenoxy) is 1. The van der Waals surface area contributed by atoms with Crippen LogP contribution in [0.3, 0.4) is 0 Å². The van der Waals surface area contributed by atoms with Gasteiger partial charge in [0.05, 0.1) is 7.11 Å². The molecule has 0 spiro atoms. The van der Waals surface area contributed by atoms with Gasteiger partial charge in [0, 0.05) is 11.5 Å². The van der Waals surface area contributed by atoms with Crippen molar-refractivity contribution in [1.29, 1.82) is 0 Å². The van der Waals surface area contributed by atoms with Crippen molar-refractivity contribution < 1.29 is 9.26 Å². The van der Waals surface area contributed by atoms with Crippen LogP contribution in [-0.4, -0.2) is 23.8 Å². The first-order chi connectivity index (χ1) is 10.3. The first kappa shape index (κ1) is 14.1. The summed E-state index contributed by atoms with van der Waals surface area (Å²) in [7, 11) is 1.65. The third kappa shape index (κ3) is 2.93. The van der Waals surface area contributed by atoms with Gasteiger partial charge in [-0.1, -0.05) is 30.1 Å². The van der Waals surface area contributed by atoms with Gasteiger partial charge in [-0.05, 0) is 37.4 Å². The minimum absolute atomic E-state index is 0.301. The number of nitrogens with two attached hydrogens (primary N) is 1. The molecule has 0 amide bonds. The van der Waals surface area contributed by atoms with Crippen LogP contribution < -0.4 is 10.5 Å². The Morgan fingerprint density at radius 2 is 2.19 bits per heavy atom. The van der Waals surface area contributed by atoms with Gasteiger partial charge in [0.15, 0.2) is 0 Å². The van der Waals surface area contributed by atoms with Crippen LogP contribution in [0.15, 0.2) is 28.8 Å². The zero-order valence-corrected chi connectivity index (χ0v) is 12.3. The molecule has 112 valence electrons. The summed E-state index contributed by atoms with van der Waals surface area (Å²) in [6.45, 7) is 0.682. The highest BCUT2D eigenvalue weighted by Crippen LogP contribution is 2.37. The Labute approximate surface area is 124 Å². The molecule has 0 radical (unpaired) electrons. The number of hydrogen-bond acceptors (Lipinski definition) is 5. The summed E-state index contributed by atoms with van der Waals surface area (Å²) < 4.78 is 10.7. The second-order valence-corrected chi connectivity index (χ2v) is 5.57. The lowest BCUT2D eigenvalue weighted by molar-refractivity contribution is 0.249. The summed E-state index contributed by atoms with van der Waals surface area (Å²) in [5, 5.41) is 4.12. The van der Waals surface area contributed by atoms with Crippen molar-refractivity contribution in [1.82, 2.24) is 10.1 Å². The zero-order valence-electron chi connectivity index (χ0n) is 12.3. The Morgan fingerprint density at radius 1 is 1.33 bits per heavy atom. The lowest BCUT2D eigenvalue weighted by Crippen LogP contribution is -2.25. The molecule has 2 aromatic rings.